The lowest BCUT2D eigenvalue weighted by atomic mass is 9.91. The van der Waals surface area contributed by atoms with E-state index in [-0.39, 0.29) is 6.61 Å². The smallest absolute Gasteiger partial charge is 0.0558 e. The van der Waals surface area contributed by atoms with Crippen LogP contribution in [0.1, 0.15) is 24.8 Å². The van der Waals surface area contributed by atoms with Crippen molar-refractivity contribution in [3.05, 3.63) is 34.3 Å². The third-order valence-corrected chi connectivity index (χ3v) is 3.75. The summed E-state index contributed by atoms with van der Waals surface area (Å²) in [6.45, 7) is 1.99. The van der Waals surface area contributed by atoms with E-state index < -0.39 is 0 Å². The van der Waals surface area contributed by atoms with E-state index in [1.165, 1.54) is 24.8 Å². The monoisotopic (exact) mass is 283 g/mol. The first-order chi connectivity index (χ1) is 7.79. The van der Waals surface area contributed by atoms with Crippen LogP contribution in [0, 0.1) is 0 Å². The highest BCUT2D eigenvalue weighted by molar-refractivity contribution is 9.10. The van der Waals surface area contributed by atoms with Gasteiger partial charge in [-0.25, -0.2) is 0 Å². The van der Waals surface area contributed by atoms with Crippen LogP contribution in [0.25, 0.3) is 0 Å². The summed E-state index contributed by atoms with van der Waals surface area (Å²) >= 11 is 3.49. The molecule has 88 valence electrons. The molecule has 1 aliphatic carbocycles. The van der Waals surface area contributed by atoms with Crippen molar-refractivity contribution in [1.82, 2.24) is 4.90 Å². The Morgan fingerprint density at radius 1 is 1.38 bits per heavy atom. The lowest BCUT2D eigenvalue weighted by molar-refractivity contribution is 0.0945. The van der Waals surface area contributed by atoms with Crippen LogP contribution in [-0.2, 0) is 6.54 Å². The molecule has 1 saturated carbocycles. The van der Waals surface area contributed by atoms with Gasteiger partial charge < -0.3 is 5.11 Å². The Morgan fingerprint density at radius 3 is 2.75 bits per heavy atom. The molecule has 0 amide bonds. The van der Waals surface area contributed by atoms with E-state index in [2.05, 4.69) is 39.0 Å². The van der Waals surface area contributed by atoms with Crippen LogP contribution >= 0.6 is 15.9 Å². The number of halogens is 1. The van der Waals surface area contributed by atoms with E-state index in [1.54, 1.807) is 0 Å². The molecule has 0 radical (unpaired) electrons. The second kappa shape index (κ2) is 5.80. The highest BCUT2D eigenvalue weighted by Crippen LogP contribution is 2.26. The zero-order chi connectivity index (χ0) is 11.4. The van der Waals surface area contributed by atoms with Crippen LogP contribution in [0.3, 0.4) is 0 Å². The minimum atomic E-state index is 0.254. The van der Waals surface area contributed by atoms with Gasteiger partial charge in [-0.15, -0.1) is 0 Å². The Bertz CT molecular complexity index is 338. The fraction of sp³-hybridized carbons (Fsp3) is 0.538. The fourth-order valence-corrected chi connectivity index (χ4v) is 2.59. The second-order valence-electron chi connectivity index (χ2n) is 4.41. The molecule has 0 bridgehead atoms. The van der Waals surface area contributed by atoms with Crippen LogP contribution < -0.4 is 0 Å². The van der Waals surface area contributed by atoms with Crippen molar-refractivity contribution in [2.24, 2.45) is 0 Å². The normalized spacial score (nSPS) is 16.4. The molecular formula is C13H18BrNO. The number of aliphatic hydroxyl groups is 1. The summed E-state index contributed by atoms with van der Waals surface area (Å²) in [6.07, 6.45) is 3.91. The van der Waals surface area contributed by atoms with Gasteiger partial charge in [0.25, 0.3) is 0 Å². The summed E-state index contributed by atoms with van der Waals surface area (Å²) in [4.78, 5) is 2.39. The molecule has 0 spiro atoms. The summed E-state index contributed by atoms with van der Waals surface area (Å²) in [6, 6.07) is 9.10. The van der Waals surface area contributed by atoms with Crippen LogP contribution in [0.4, 0.5) is 0 Å². The van der Waals surface area contributed by atoms with Gasteiger partial charge in [0, 0.05) is 23.6 Å². The largest absolute Gasteiger partial charge is 0.395 e. The van der Waals surface area contributed by atoms with Gasteiger partial charge in [-0.2, -0.15) is 0 Å². The van der Waals surface area contributed by atoms with Crippen molar-refractivity contribution in [2.75, 3.05) is 13.2 Å². The van der Waals surface area contributed by atoms with E-state index in [1.807, 2.05) is 6.07 Å². The SMILES string of the molecule is OCCN(Cc1cccc(Br)c1)C1CCC1. The minimum absolute atomic E-state index is 0.254. The molecule has 2 nitrogen and oxygen atoms in total. The quantitative estimate of drug-likeness (QED) is 0.898. The zero-order valence-electron chi connectivity index (χ0n) is 9.40. The van der Waals surface area contributed by atoms with Gasteiger partial charge in [-0.05, 0) is 30.5 Å². The van der Waals surface area contributed by atoms with Crippen molar-refractivity contribution in [1.29, 1.82) is 0 Å². The summed E-state index contributed by atoms with van der Waals surface area (Å²) in [5.41, 5.74) is 1.31. The molecular weight excluding hydrogens is 266 g/mol. The molecule has 0 saturated heterocycles. The molecule has 1 aromatic carbocycles. The first-order valence-electron chi connectivity index (χ1n) is 5.89. The predicted molar refractivity (Wildman–Crippen MR) is 69.3 cm³/mol. The lowest BCUT2D eigenvalue weighted by Gasteiger charge is -2.37. The van der Waals surface area contributed by atoms with Crippen molar-refractivity contribution >= 4 is 15.9 Å². The average Bonchev–Trinajstić information content (AvgIpc) is 2.15. The fourth-order valence-electron chi connectivity index (χ4n) is 2.14. The zero-order valence-corrected chi connectivity index (χ0v) is 11.0. The topological polar surface area (TPSA) is 23.5 Å². The van der Waals surface area contributed by atoms with Gasteiger partial charge in [0.2, 0.25) is 0 Å². The summed E-state index contributed by atoms with van der Waals surface area (Å²) < 4.78 is 1.13. The van der Waals surface area contributed by atoms with Crippen molar-refractivity contribution in [2.45, 2.75) is 31.8 Å². The Balaban J connectivity index is 1.98. The van der Waals surface area contributed by atoms with Gasteiger partial charge >= 0.3 is 0 Å². The van der Waals surface area contributed by atoms with Crippen molar-refractivity contribution < 1.29 is 5.11 Å². The van der Waals surface area contributed by atoms with E-state index in [0.717, 1.165) is 17.6 Å². The number of hydrogen-bond donors (Lipinski definition) is 1. The number of aliphatic hydroxyl groups excluding tert-OH is 1. The maximum Gasteiger partial charge on any atom is 0.0558 e. The Morgan fingerprint density at radius 2 is 2.19 bits per heavy atom. The number of rotatable bonds is 5. The number of hydrogen-bond acceptors (Lipinski definition) is 2. The molecule has 1 fully saturated rings. The van der Waals surface area contributed by atoms with Crippen molar-refractivity contribution in [3.63, 3.8) is 0 Å². The molecule has 16 heavy (non-hydrogen) atoms. The first kappa shape index (κ1) is 12.1. The molecule has 2 rings (SSSR count). The van der Waals surface area contributed by atoms with E-state index in [0.29, 0.717) is 6.04 Å². The molecule has 1 aromatic rings. The van der Waals surface area contributed by atoms with Crippen LogP contribution in [0.15, 0.2) is 28.7 Å². The third kappa shape index (κ3) is 3.06. The minimum Gasteiger partial charge on any atom is -0.395 e. The van der Waals surface area contributed by atoms with Crippen molar-refractivity contribution in [3.8, 4) is 0 Å². The molecule has 0 atom stereocenters. The summed E-state index contributed by atoms with van der Waals surface area (Å²) in [5.74, 6) is 0. The standard InChI is InChI=1S/C13H18BrNO/c14-12-4-1-3-11(9-12)10-15(7-8-16)13-5-2-6-13/h1,3-4,9,13,16H,2,5-8,10H2. The van der Waals surface area contributed by atoms with Crippen LogP contribution in [0.2, 0.25) is 0 Å². The Labute approximate surface area is 105 Å². The summed E-state index contributed by atoms with van der Waals surface area (Å²) in [5, 5.41) is 9.09. The molecule has 0 unspecified atom stereocenters. The Kier molecular flexibility index (Phi) is 4.38. The Hall–Kier alpha value is -0.380. The maximum atomic E-state index is 9.09. The third-order valence-electron chi connectivity index (χ3n) is 3.25. The highest BCUT2D eigenvalue weighted by Gasteiger charge is 2.24. The number of benzene rings is 1. The predicted octanol–water partition coefficient (Wildman–Crippen LogP) is 2.80. The molecule has 0 aliphatic heterocycles. The van der Waals surface area contributed by atoms with Crippen LogP contribution in [-0.4, -0.2) is 29.2 Å². The van der Waals surface area contributed by atoms with Gasteiger partial charge in [0.15, 0.2) is 0 Å². The molecule has 1 aliphatic rings. The summed E-state index contributed by atoms with van der Waals surface area (Å²) in [7, 11) is 0. The second-order valence-corrected chi connectivity index (χ2v) is 5.32. The molecule has 1 N–H and O–H groups in total. The van der Waals surface area contributed by atoms with E-state index >= 15 is 0 Å². The molecule has 3 heteroatoms. The van der Waals surface area contributed by atoms with E-state index in [9.17, 15) is 0 Å². The highest BCUT2D eigenvalue weighted by atomic mass is 79.9. The van der Waals surface area contributed by atoms with Gasteiger partial charge in [0.05, 0.1) is 6.61 Å². The van der Waals surface area contributed by atoms with Gasteiger partial charge in [-0.3, -0.25) is 4.90 Å². The number of nitrogens with zero attached hydrogens (tertiary/aromatic N) is 1. The average molecular weight is 284 g/mol. The molecule has 0 heterocycles. The van der Waals surface area contributed by atoms with Gasteiger partial charge in [0.1, 0.15) is 0 Å². The van der Waals surface area contributed by atoms with Crippen LogP contribution in [0.5, 0.6) is 0 Å². The lowest BCUT2D eigenvalue weighted by Crippen LogP contribution is -2.41. The molecule has 0 aromatic heterocycles. The maximum absolute atomic E-state index is 9.09. The van der Waals surface area contributed by atoms with Gasteiger partial charge in [-0.1, -0.05) is 34.5 Å². The first-order valence-corrected chi connectivity index (χ1v) is 6.68. The van der Waals surface area contributed by atoms with E-state index in [4.69, 9.17) is 5.11 Å².